The van der Waals surface area contributed by atoms with Crippen LogP contribution in [0, 0.1) is 5.41 Å². The summed E-state index contributed by atoms with van der Waals surface area (Å²) in [6.45, 7) is 9.27. The smallest absolute Gasteiger partial charge is 0.334 e. The second-order valence-corrected chi connectivity index (χ2v) is 6.83. The Kier molecular flexibility index (Phi) is 4.68. The van der Waals surface area contributed by atoms with Gasteiger partial charge in [0.2, 0.25) is 0 Å². The van der Waals surface area contributed by atoms with Gasteiger partial charge in [0.05, 0.1) is 5.41 Å². The van der Waals surface area contributed by atoms with E-state index in [2.05, 4.69) is 0 Å². The van der Waals surface area contributed by atoms with Crippen molar-refractivity contribution in [3.8, 4) is 5.75 Å². The highest BCUT2D eigenvalue weighted by Gasteiger charge is 2.65. The fraction of sp³-hybridized carbons (Fsp3) is 0.556. The van der Waals surface area contributed by atoms with Crippen LogP contribution in [-0.2, 0) is 14.3 Å². The lowest BCUT2D eigenvalue weighted by Crippen LogP contribution is -2.72. The third-order valence-corrected chi connectivity index (χ3v) is 4.22. The molecule has 1 aliphatic rings. The van der Waals surface area contributed by atoms with Crippen molar-refractivity contribution in [2.75, 3.05) is 0 Å². The molecular weight excluding hydrogens is 294 g/mol. The molecule has 0 saturated carbocycles. The number of carbonyl (C=O) groups excluding carboxylic acids is 2. The van der Waals surface area contributed by atoms with Crippen molar-refractivity contribution in [1.29, 1.82) is 0 Å². The third-order valence-electron chi connectivity index (χ3n) is 4.22. The molecule has 1 unspecified atom stereocenters. The fourth-order valence-corrected chi connectivity index (χ4v) is 2.92. The van der Waals surface area contributed by atoms with Crippen LogP contribution in [0.1, 0.15) is 47.5 Å². The minimum absolute atomic E-state index is 0.165. The molecule has 1 aromatic carbocycles. The van der Waals surface area contributed by atoms with Crippen LogP contribution in [0.15, 0.2) is 30.3 Å². The molecule has 1 heterocycles. The van der Waals surface area contributed by atoms with Gasteiger partial charge in [0.1, 0.15) is 5.60 Å². The van der Waals surface area contributed by atoms with E-state index in [1.807, 2.05) is 52.8 Å². The summed E-state index contributed by atoms with van der Waals surface area (Å²) in [4.78, 5) is 30.9. The van der Waals surface area contributed by atoms with Crippen LogP contribution in [0.5, 0.6) is 5.75 Å². The number of hydrogen-bond donors (Lipinski definition) is 0. The maximum atomic E-state index is 12.6. The Morgan fingerprint density at radius 3 is 2.22 bits per heavy atom. The van der Waals surface area contributed by atoms with Crippen molar-refractivity contribution in [2.45, 2.75) is 59.1 Å². The molecule has 1 aliphatic heterocycles. The number of benzene rings is 1. The second-order valence-electron chi connectivity index (χ2n) is 6.83. The van der Waals surface area contributed by atoms with E-state index in [-0.39, 0.29) is 5.91 Å². The van der Waals surface area contributed by atoms with Gasteiger partial charge in [-0.2, -0.15) is 5.06 Å². The Bertz CT molecular complexity index is 572. The molecule has 1 amide bonds. The van der Waals surface area contributed by atoms with Gasteiger partial charge in [-0.25, -0.2) is 4.79 Å². The highest BCUT2D eigenvalue weighted by Crippen LogP contribution is 2.46. The molecule has 23 heavy (non-hydrogen) atoms. The minimum atomic E-state index is -0.739. The largest absolute Gasteiger partial charge is 0.458 e. The van der Waals surface area contributed by atoms with Gasteiger partial charge in [-0.3, -0.25) is 4.79 Å². The number of β-lactam (4-membered cyclic amide) rings is 1. The molecule has 0 spiro atoms. The van der Waals surface area contributed by atoms with Crippen LogP contribution in [-0.4, -0.2) is 28.6 Å². The topological polar surface area (TPSA) is 55.8 Å². The molecule has 0 aliphatic carbocycles. The Morgan fingerprint density at radius 2 is 1.74 bits per heavy atom. The average molecular weight is 319 g/mol. The summed E-state index contributed by atoms with van der Waals surface area (Å²) in [7, 11) is 0. The van der Waals surface area contributed by atoms with E-state index in [0.717, 1.165) is 5.06 Å². The number of para-hydroxylation sites is 1. The molecule has 0 N–H and O–H groups in total. The van der Waals surface area contributed by atoms with Crippen molar-refractivity contribution in [3.63, 3.8) is 0 Å². The number of rotatable bonds is 5. The summed E-state index contributed by atoms with van der Waals surface area (Å²) < 4.78 is 5.50. The van der Waals surface area contributed by atoms with Gasteiger partial charge in [-0.05, 0) is 45.7 Å². The number of carbonyl (C=O) groups is 2. The van der Waals surface area contributed by atoms with E-state index in [1.165, 1.54) is 0 Å². The maximum Gasteiger partial charge on any atom is 0.334 e. The predicted molar refractivity (Wildman–Crippen MR) is 86.6 cm³/mol. The highest BCUT2D eigenvalue weighted by atomic mass is 16.7. The molecule has 1 saturated heterocycles. The zero-order valence-electron chi connectivity index (χ0n) is 14.5. The summed E-state index contributed by atoms with van der Waals surface area (Å²) in [5.74, 6) is -0.0610. The lowest BCUT2D eigenvalue weighted by Gasteiger charge is -2.52. The lowest BCUT2D eigenvalue weighted by molar-refractivity contribution is -0.238. The predicted octanol–water partition coefficient (Wildman–Crippen LogP) is 3.34. The normalized spacial score (nSPS) is 20.0. The van der Waals surface area contributed by atoms with Crippen LogP contribution in [0.2, 0.25) is 0 Å². The standard InChI is InChI=1S/C18H25NO4/c1-6-18(7-2)14(15(20)22-17(3,4)5)19(16(18)21)23-13-11-9-8-10-12-13/h8-12,14H,6-7H2,1-5H3. The Labute approximate surface area is 137 Å². The van der Waals surface area contributed by atoms with Gasteiger partial charge in [0.25, 0.3) is 5.91 Å². The number of nitrogens with zero attached hydrogens (tertiary/aromatic N) is 1. The monoisotopic (exact) mass is 319 g/mol. The van der Waals surface area contributed by atoms with Crippen molar-refractivity contribution in [2.24, 2.45) is 5.41 Å². The molecular formula is C18H25NO4. The lowest BCUT2D eigenvalue weighted by atomic mass is 9.68. The van der Waals surface area contributed by atoms with Gasteiger partial charge < -0.3 is 9.57 Å². The van der Waals surface area contributed by atoms with Crippen LogP contribution in [0.4, 0.5) is 0 Å². The van der Waals surface area contributed by atoms with Crippen molar-refractivity contribution in [3.05, 3.63) is 30.3 Å². The number of esters is 1. The SMILES string of the molecule is CCC1(CC)C(=O)N(Oc2ccccc2)C1C(=O)OC(C)(C)C. The number of ether oxygens (including phenoxy) is 1. The van der Waals surface area contributed by atoms with Crippen molar-refractivity contribution in [1.82, 2.24) is 5.06 Å². The van der Waals surface area contributed by atoms with Crippen LogP contribution >= 0.6 is 0 Å². The molecule has 2 rings (SSSR count). The number of amides is 1. The minimum Gasteiger partial charge on any atom is -0.458 e. The Balaban J connectivity index is 2.26. The van der Waals surface area contributed by atoms with E-state index in [0.29, 0.717) is 18.6 Å². The fourth-order valence-electron chi connectivity index (χ4n) is 2.92. The molecule has 0 radical (unpaired) electrons. The van der Waals surface area contributed by atoms with Crippen LogP contribution in [0.25, 0.3) is 0 Å². The van der Waals surface area contributed by atoms with Gasteiger partial charge in [-0.15, -0.1) is 0 Å². The summed E-state index contributed by atoms with van der Waals surface area (Å²) in [6, 6.07) is 8.27. The maximum absolute atomic E-state index is 12.6. The van der Waals surface area contributed by atoms with Crippen LogP contribution < -0.4 is 4.84 Å². The van der Waals surface area contributed by atoms with Gasteiger partial charge in [0, 0.05) is 0 Å². The number of hydroxylamine groups is 2. The Hall–Kier alpha value is -2.04. The first-order valence-electron chi connectivity index (χ1n) is 8.04. The second kappa shape index (κ2) is 6.22. The summed E-state index contributed by atoms with van der Waals surface area (Å²) in [5.41, 5.74) is -1.35. The third kappa shape index (κ3) is 3.19. The molecule has 1 fully saturated rings. The van der Waals surface area contributed by atoms with Crippen LogP contribution in [0.3, 0.4) is 0 Å². The highest BCUT2D eigenvalue weighted by molar-refractivity contribution is 5.99. The summed E-state index contributed by atoms with van der Waals surface area (Å²) in [5, 5.41) is 1.16. The van der Waals surface area contributed by atoms with Crippen molar-refractivity contribution >= 4 is 11.9 Å². The Morgan fingerprint density at radius 1 is 1.17 bits per heavy atom. The summed E-state index contributed by atoms with van der Waals surface area (Å²) >= 11 is 0. The quantitative estimate of drug-likeness (QED) is 0.617. The molecule has 5 nitrogen and oxygen atoms in total. The summed E-state index contributed by atoms with van der Waals surface area (Å²) in [6.07, 6.45) is 1.14. The van der Waals surface area contributed by atoms with E-state index in [4.69, 9.17) is 9.57 Å². The zero-order chi connectivity index (χ0) is 17.3. The molecule has 1 atom stereocenters. The van der Waals surface area contributed by atoms with Gasteiger partial charge >= 0.3 is 5.97 Å². The first-order valence-corrected chi connectivity index (χ1v) is 8.04. The van der Waals surface area contributed by atoms with E-state index < -0.39 is 23.0 Å². The first kappa shape index (κ1) is 17.3. The van der Waals surface area contributed by atoms with E-state index in [9.17, 15) is 9.59 Å². The van der Waals surface area contributed by atoms with Gasteiger partial charge in [0.15, 0.2) is 11.8 Å². The molecule has 0 bridgehead atoms. The van der Waals surface area contributed by atoms with E-state index in [1.54, 1.807) is 12.1 Å². The molecule has 0 aromatic heterocycles. The molecule has 5 heteroatoms. The number of hydrogen-bond acceptors (Lipinski definition) is 4. The van der Waals surface area contributed by atoms with E-state index >= 15 is 0 Å². The van der Waals surface area contributed by atoms with Gasteiger partial charge in [-0.1, -0.05) is 32.0 Å². The molecule has 1 aromatic rings. The zero-order valence-corrected chi connectivity index (χ0v) is 14.5. The van der Waals surface area contributed by atoms with Crippen molar-refractivity contribution < 1.29 is 19.2 Å². The molecule has 126 valence electrons. The average Bonchev–Trinajstić information content (AvgIpc) is 2.49. The first-order chi connectivity index (χ1) is 10.7.